The molecule has 3 nitrogen and oxygen atoms in total. The van der Waals surface area contributed by atoms with Gasteiger partial charge in [-0.3, -0.25) is 0 Å². The van der Waals surface area contributed by atoms with E-state index >= 15 is 0 Å². The standard InChI is InChI=1S/C19H20N2OS.ClH/c1-19(2)10-14-17(15(22)11-19)18(16-8-5-9-23-16)21-13-7-4-3-6-12(13)20-14;/h3-9,18,21-22H,10-11H2,1-2H3;1H. The van der Waals surface area contributed by atoms with Gasteiger partial charge in [-0.25, -0.2) is 4.99 Å². The van der Waals surface area contributed by atoms with Crippen molar-refractivity contribution in [2.45, 2.75) is 32.7 Å². The lowest BCUT2D eigenvalue weighted by molar-refractivity contribution is -0.354. The number of benzene rings is 1. The molecule has 0 radical (unpaired) electrons. The highest BCUT2D eigenvalue weighted by Crippen LogP contribution is 2.42. The van der Waals surface area contributed by atoms with Crippen molar-refractivity contribution in [2.24, 2.45) is 5.41 Å². The molecule has 1 unspecified atom stereocenters. The van der Waals surface area contributed by atoms with Crippen LogP contribution in [0.4, 0.5) is 11.4 Å². The number of aliphatic hydroxyl groups excluding tert-OH is 1. The minimum Gasteiger partial charge on any atom is -1.00 e. The molecule has 0 spiro atoms. The number of rotatable bonds is 1. The Labute approximate surface area is 152 Å². The van der Waals surface area contributed by atoms with Crippen molar-refractivity contribution in [3.8, 4) is 0 Å². The van der Waals surface area contributed by atoms with Crippen LogP contribution in [0.5, 0.6) is 0 Å². The average molecular weight is 361 g/mol. The molecule has 1 aromatic heterocycles. The molecule has 2 aromatic rings. The fourth-order valence-electron chi connectivity index (χ4n) is 3.59. The van der Waals surface area contributed by atoms with Crippen molar-refractivity contribution in [3.05, 3.63) is 58.0 Å². The molecule has 1 aromatic carbocycles. The number of fused-ring (bicyclic) bond motifs is 2. The quantitative estimate of drug-likeness (QED) is 0.701. The molecule has 2 aliphatic rings. The summed E-state index contributed by atoms with van der Waals surface area (Å²) in [4.78, 5) is 4.80. The summed E-state index contributed by atoms with van der Waals surface area (Å²) >= 11 is 1.72. The van der Waals surface area contributed by atoms with E-state index in [9.17, 15) is 5.11 Å². The number of thiophene rings is 1. The Balaban J connectivity index is 0.00000169. The number of allylic oxidation sites excluding steroid dienone is 1. The van der Waals surface area contributed by atoms with E-state index in [1.807, 2.05) is 12.1 Å². The monoisotopic (exact) mass is 360 g/mol. The van der Waals surface area contributed by atoms with E-state index in [1.165, 1.54) is 4.88 Å². The van der Waals surface area contributed by atoms with Crippen molar-refractivity contribution in [3.63, 3.8) is 0 Å². The summed E-state index contributed by atoms with van der Waals surface area (Å²) in [7, 11) is 0. The first kappa shape index (κ1) is 17.1. The van der Waals surface area contributed by atoms with Crippen LogP contribution in [-0.2, 0) is 0 Å². The molecule has 126 valence electrons. The van der Waals surface area contributed by atoms with Gasteiger partial charge in [0.05, 0.1) is 11.6 Å². The molecule has 0 saturated carbocycles. The van der Waals surface area contributed by atoms with Crippen molar-refractivity contribution < 1.29 is 22.5 Å². The van der Waals surface area contributed by atoms with Crippen LogP contribution in [0.15, 0.2) is 53.1 Å². The van der Waals surface area contributed by atoms with Crippen LogP contribution >= 0.6 is 11.3 Å². The molecule has 0 bridgehead atoms. The zero-order valence-corrected chi connectivity index (χ0v) is 15.3. The Kier molecular flexibility index (Phi) is 4.45. The average Bonchev–Trinajstić information content (AvgIpc) is 2.95. The minimum atomic E-state index is -0.00255. The van der Waals surface area contributed by atoms with E-state index in [4.69, 9.17) is 0 Å². The maximum Gasteiger partial charge on any atom is 0.227 e. The van der Waals surface area contributed by atoms with Gasteiger partial charge in [0.1, 0.15) is 11.4 Å². The number of hydrogen-bond donors (Lipinski definition) is 3. The molecular formula is C19H21ClN2OS. The number of aliphatic hydroxyl groups is 1. The molecule has 0 saturated heterocycles. The Morgan fingerprint density at radius 3 is 2.71 bits per heavy atom. The zero-order valence-electron chi connectivity index (χ0n) is 13.8. The summed E-state index contributed by atoms with van der Waals surface area (Å²) in [5.41, 5.74) is 4.36. The Morgan fingerprint density at radius 2 is 1.96 bits per heavy atom. The van der Waals surface area contributed by atoms with Gasteiger partial charge in [-0.1, -0.05) is 32.0 Å². The number of para-hydroxylation sites is 2. The SMILES string of the molecule is CC1(C)CC2=[NH+]c3ccccc3NC(c3cccs3)C2=C(O)C1.[Cl-]. The molecule has 1 atom stereocenters. The van der Waals surface area contributed by atoms with E-state index in [2.05, 4.69) is 53.8 Å². The van der Waals surface area contributed by atoms with Crippen LogP contribution in [-0.4, -0.2) is 10.8 Å². The first-order valence-corrected chi connectivity index (χ1v) is 8.86. The molecule has 2 heterocycles. The van der Waals surface area contributed by atoms with Crippen molar-refractivity contribution in [1.29, 1.82) is 0 Å². The second-order valence-electron chi connectivity index (χ2n) is 7.12. The highest BCUT2D eigenvalue weighted by atomic mass is 35.5. The van der Waals surface area contributed by atoms with Gasteiger partial charge in [0, 0.05) is 23.8 Å². The first-order valence-electron chi connectivity index (χ1n) is 7.98. The fourth-order valence-corrected chi connectivity index (χ4v) is 4.37. The summed E-state index contributed by atoms with van der Waals surface area (Å²) in [6, 6.07) is 12.4. The summed E-state index contributed by atoms with van der Waals surface area (Å²) in [6.45, 7) is 4.41. The van der Waals surface area contributed by atoms with Gasteiger partial charge < -0.3 is 22.8 Å². The smallest absolute Gasteiger partial charge is 0.227 e. The third-order valence-corrected chi connectivity index (χ3v) is 5.50. The third kappa shape index (κ3) is 2.96. The van der Waals surface area contributed by atoms with Crippen LogP contribution in [0.1, 0.15) is 37.6 Å². The highest BCUT2D eigenvalue weighted by molar-refractivity contribution is 7.10. The van der Waals surface area contributed by atoms with Gasteiger partial charge in [0.2, 0.25) is 5.69 Å². The zero-order chi connectivity index (χ0) is 16.0. The lowest BCUT2D eigenvalue weighted by Crippen LogP contribution is -3.00. The van der Waals surface area contributed by atoms with Crippen LogP contribution < -0.4 is 22.7 Å². The number of hydrogen-bond acceptors (Lipinski definition) is 3. The van der Waals surface area contributed by atoms with Crippen molar-refractivity contribution in [2.75, 3.05) is 5.32 Å². The topological polar surface area (TPSA) is 46.2 Å². The predicted molar refractivity (Wildman–Crippen MR) is 95.4 cm³/mol. The van der Waals surface area contributed by atoms with Gasteiger partial charge in [0.25, 0.3) is 0 Å². The lowest BCUT2D eigenvalue weighted by Gasteiger charge is -2.31. The number of nitrogens with one attached hydrogen (secondary N) is 2. The predicted octanol–water partition coefficient (Wildman–Crippen LogP) is 0.704. The lowest BCUT2D eigenvalue weighted by atomic mass is 9.74. The normalized spacial score (nSPS) is 21.6. The second kappa shape index (κ2) is 6.26. The molecule has 24 heavy (non-hydrogen) atoms. The van der Waals surface area contributed by atoms with E-state index in [1.54, 1.807) is 11.3 Å². The Bertz CT molecular complexity index is 809. The van der Waals surface area contributed by atoms with E-state index in [0.29, 0.717) is 12.2 Å². The number of halogens is 1. The van der Waals surface area contributed by atoms with E-state index < -0.39 is 0 Å². The Morgan fingerprint density at radius 1 is 1.17 bits per heavy atom. The van der Waals surface area contributed by atoms with Gasteiger partial charge in [-0.05, 0) is 22.9 Å². The molecule has 1 aliphatic carbocycles. The molecule has 0 amide bonds. The summed E-state index contributed by atoms with van der Waals surface area (Å²) in [5.74, 6) is 0.502. The van der Waals surface area contributed by atoms with Gasteiger partial charge >= 0.3 is 0 Å². The molecule has 3 N–H and O–H groups in total. The van der Waals surface area contributed by atoms with E-state index in [0.717, 1.165) is 29.1 Å². The molecule has 4 rings (SSSR count). The second-order valence-corrected chi connectivity index (χ2v) is 8.10. The fraction of sp³-hybridized carbons (Fsp3) is 0.316. The van der Waals surface area contributed by atoms with Crippen LogP contribution in [0, 0.1) is 5.41 Å². The van der Waals surface area contributed by atoms with E-state index in [-0.39, 0.29) is 23.9 Å². The van der Waals surface area contributed by atoms with Gasteiger partial charge in [0.15, 0.2) is 5.71 Å². The number of anilines is 1. The maximum absolute atomic E-state index is 10.8. The third-order valence-electron chi connectivity index (χ3n) is 4.57. The first-order chi connectivity index (χ1) is 11.0. The maximum atomic E-state index is 10.8. The van der Waals surface area contributed by atoms with Crippen molar-refractivity contribution in [1.82, 2.24) is 0 Å². The molecule has 5 heteroatoms. The molecular weight excluding hydrogens is 340 g/mol. The van der Waals surface area contributed by atoms with Crippen LogP contribution in [0.3, 0.4) is 0 Å². The van der Waals surface area contributed by atoms with Gasteiger partial charge in [-0.15, -0.1) is 11.3 Å². The molecule has 1 aliphatic heterocycles. The summed E-state index contributed by atoms with van der Waals surface area (Å²) in [6.07, 6.45) is 1.65. The van der Waals surface area contributed by atoms with Crippen LogP contribution in [0.2, 0.25) is 0 Å². The van der Waals surface area contributed by atoms with Gasteiger partial charge in [-0.2, -0.15) is 0 Å². The molecule has 0 fully saturated rings. The largest absolute Gasteiger partial charge is 1.00 e. The summed E-state index contributed by atoms with van der Waals surface area (Å²) in [5, 5.41) is 16.5. The highest BCUT2D eigenvalue weighted by Gasteiger charge is 2.41. The van der Waals surface area contributed by atoms with Crippen LogP contribution in [0.25, 0.3) is 0 Å². The minimum absolute atomic E-state index is 0. The van der Waals surface area contributed by atoms with Crippen molar-refractivity contribution >= 4 is 28.4 Å². The summed E-state index contributed by atoms with van der Waals surface area (Å²) < 4.78 is 0. The Hall–Kier alpha value is -1.78.